The van der Waals surface area contributed by atoms with Crippen molar-refractivity contribution in [3.05, 3.63) is 30.3 Å². The van der Waals surface area contributed by atoms with Gasteiger partial charge in [0.25, 0.3) is 0 Å². The molecule has 1 rings (SSSR count). The van der Waals surface area contributed by atoms with E-state index in [2.05, 4.69) is 30.1 Å². The standard InChI is InChI=1S/C13H19N3/c1-13(15,11-14)9-6-10-16(2)12-7-4-3-5-8-12/h3-5,7-8H,6,9-10,15H2,1-2H3. The van der Waals surface area contributed by atoms with Gasteiger partial charge in [0, 0.05) is 19.3 Å². The minimum atomic E-state index is -0.697. The molecule has 0 amide bonds. The van der Waals surface area contributed by atoms with E-state index in [0.29, 0.717) is 0 Å². The molecule has 0 fully saturated rings. The quantitative estimate of drug-likeness (QED) is 0.822. The summed E-state index contributed by atoms with van der Waals surface area (Å²) in [5.41, 5.74) is 6.26. The van der Waals surface area contributed by atoms with Crippen LogP contribution in [0, 0.1) is 11.3 Å². The molecule has 0 spiro atoms. The molecule has 1 aromatic carbocycles. The maximum absolute atomic E-state index is 8.79. The number of nitrogens with zero attached hydrogens (tertiary/aromatic N) is 2. The van der Waals surface area contributed by atoms with E-state index in [1.54, 1.807) is 6.92 Å². The van der Waals surface area contributed by atoms with Gasteiger partial charge in [-0.15, -0.1) is 0 Å². The van der Waals surface area contributed by atoms with Crippen LogP contribution >= 0.6 is 0 Å². The predicted molar refractivity (Wildman–Crippen MR) is 67.2 cm³/mol. The van der Waals surface area contributed by atoms with Crippen molar-refractivity contribution >= 4 is 5.69 Å². The average molecular weight is 217 g/mol. The number of nitrogens with two attached hydrogens (primary N) is 1. The number of benzene rings is 1. The first-order valence-corrected chi connectivity index (χ1v) is 5.51. The van der Waals surface area contributed by atoms with Crippen molar-refractivity contribution in [2.45, 2.75) is 25.3 Å². The van der Waals surface area contributed by atoms with E-state index in [0.717, 1.165) is 19.4 Å². The van der Waals surface area contributed by atoms with Crippen molar-refractivity contribution in [3.8, 4) is 6.07 Å². The Morgan fingerprint density at radius 3 is 2.56 bits per heavy atom. The molecule has 0 saturated carbocycles. The summed E-state index contributed by atoms with van der Waals surface area (Å²) >= 11 is 0. The van der Waals surface area contributed by atoms with Crippen molar-refractivity contribution in [1.29, 1.82) is 5.26 Å². The highest BCUT2D eigenvalue weighted by molar-refractivity contribution is 5.44. The van der Waals surface area contributed by atoms with Gasteiger partial charge < -0.3 is 10.6 Å². The lowest BCUT2D eigenvalue weighted by molar-refractivity contribution is 0.523. The maximum atomic E-state index is 8.79. The molecule has 0 heterocycles. The van der Waals surface area contributed by atoms with Gasteiger partial charge in [0.2, 0.25) is 0 Å². The SMILES string of the molecule is CN(CCCC(C)(N)C#N)c1ccccc1. The maximum Gasteiger partial charge on any atom is 0.101 e. The molecule has 16 heavy (non-hydrogen) atoms. The van der Waals surface area contributed by atoms with Gasteiger partial charge in [-0.05, 0) is 31.9 Å². The third-order valence-electron chi connectivity index (χ3n) is 2.64. The molecule has 1 unspecified atom stereocenters. The first kappa shape index (κ1) is 12.5. The van der Waals surface area contributed by atoms with Crippen molar-refractivity contribution in [1.82, 2.24) is 0 Å². The van der Waals surface area contributed by atoms with Crippen LogP contribution in [0.1, 0.15) is 19.8 Å². The summed E-state index contributed by atoms with van der Waals surface area (Å²) in [6.07, 6.45) is 1.65. The Balaban J connectivity index is 2.38. The van der Waals surface area contributed by atoms with Crippen LogP contribution in [0.4, 0.5) is 5.69 Å². The van der Waals surface area contributed by atoms with Crippen LogP contribution in [-0.2, 0) is 0 Å². The number of hydrogen-bond acceptors (Lipinski definition) is 3. The lowest BCUT2D eigenvalue weighted by atomic mass is 9.99. The minimum absolute atomic E-state index is 0.697. The molecule has 0 saturated heterocycles. The fourth-order valence-corrected chi connectivity index (χ4v) is 1.55. The third-order valence-corrected chi connectivity index (χ3v) is 2.64. The Morgan fingerprint density at radius 2 is 2.00 bits per heavy atom. The van der Waals surface area contributed by atoms with Crippen LogP contribution < -0.4 is 10.6 Å². The molecule has 86 valence electrons. The summed E-state index contributed by atoms with van der Waals surface area (Å²) < 4.78 is 0. The lowest BCUT2D eigenvalue weighted by Gasteiger charge is -2.21. The first-order chi connectivity index (χ1) is 7.55. The van der Waals surface area contributed by atoms with E-state index >= 15 is 0 Å². The molecular weight excluding hydrogens is 198 g/mol. The zero-order chi connectivity index (χ0) is 12.0. The monoisotopic (exact) mass is 217 g/mol. The van der Waals surface area contributed by atoms with Crippen LogP contribution in [0.15, 0.2) is 30.3 Å². The smallest absolute Gasteiger partial charge is 0.101 e. The van der Waals surface area contributed by atoms with Gasteiger partial charge in [0.1, 0.15) is 5.54 Å². The summed E-state index contributed by atoms with van der Waals surface area (Å²) in [6.45, 7) is 2.69. The van der Waals surface area contributed by atoms with Crippen LogP contribution in [0.25, 0.3) is 0 Å². The summed E-state index contributed by atoms with van der Waals surface area (Å²) in [5, 5.41) is 8.79. The molecule has 0 radical (unpaired) electrons. The van der Waals surface area contributed by atoms with E-state index in [4.69, 9.17) is 11.0 Å². The number of nitriles is 1. The van der Waals surface area contributed by atoms with Crippen molar-refractivity contribution < 1.29 is 0 Å². The Kier molecular flexibility index (Phi) is 4.33. The Hall–Kier alpha value is -1.53. The summed E-state index contributed by atoms with van der Waals surface area (Å²) in [6, 6.07) is 12.3. The highest BCUT2D eigenvalue weighted by atomic mass is 15.1. The fraction of sp³-hybridized carbons (Fsp3) is 0.462. The highest BCUT2D eigenvalue weighted by Crippen LogP contribution is 2.13. The van der Waals surface area contributed by atoms with Gasteiger partial charge in [-0.3, -0.25) is 0 Å². The zero-order valence-corrected chi connectivity index (χ0v) is 9.98. The number of para-hydroxylation sites is 1. The van der Waals surface area contributed by atoms with Gasteiger partial charge >= 0.3 is 0 Å². The third kappa shape index (κ3) is 3.92. The number of anilines is 1. The van der Waals surface area contributed by atoms with E-state index in [1.807, 2.05) is 18.2 Å². The van der Waals surface area contributed by atoms with Crippen molar-refractivity contribution in [2.75, 3.05) is 18.5 Å². The Bertz CT molecular complexity index is 351. The zero-order valence-electron chi connectivity index (χ0n) is 9.98. The average Bonchev–Trinajstić information content (AvgIpc) is 2.30. The van der Waals surface area contributed by atoms with E-state index in [9.17, 15) is 0 Å². The molecule has 1 atom stereocenters. The van der Waals surface area contributed by atoms with E-state index in [1.165, 1.54) is 5.69 Å². The number of hydrogen-bond donors (Lipinski definition) is 1. The molecule has 3 heteroatoms. The summed E-state index contributed by atoms with van der Waals surface area (Å²) in [5.74, 6) is 0. The second-order valence-corrected chi connectivity index (χ2v) is 4.39. The molecule has 0 bridgehead atoms. The van der Waals surface area contributed by atoms with Crippen LogP contribution in [-0.4, -0.2) is 19.1 Å². The van der Waals surface area contributed by atoms with Gasteiger partial charge in [-0.25, -0.2) is 0 Å². The highest BCUT2D eigenvalue weighted by Gasteiger charge is 2.16. The first-order valence-electron chi connectivity index (χ1n) is 5.51. The topological polar surface area (TPSA) is 53.0 Å². The van der Waals surface area contributed by atoms with Crippen molar-refractivity contribution in [2.24, 2.45) is 5.73 Å². The molecule has 3 nitrogen and oxygen atoms in total. The normalized spacial score (nSPS) is 13.9. The summed E-state index contributed by atoms with van der Waals surface area (Å²) in [7, 11) is 2.05. The predicted octanol–water partition coefficient (Wildman–Crippen LogP) is 2.14. The van der Waals surface area contributed by atoms with Gasteiger partial charge in [0.05, 0.1) is 6.07 Å². The van der Waals surface area contributed by atoms with Gasteiger partial charge in [0.15, 0.2) is 0 Å². The van der Waals surface area contributed by atoms with Gasteiger partial charge in [-0.2, -0.15) is 5.26 Å². The molecule has 1 aromatic rings. The number of rotatable bonds is 5. The molecule has 0 aliphatic rings. The Morgan fingerprint density at radius 1 is 1.38 bits per heavy atom. The molecule has 2 N–H and O–H groups in total. The van der Waals surface area contributed by atoms with Crippen LogP contribution in [0.3, 0.4) is 0 Å². The molecule has 0 aliphatic carbocycles. The van der Waals surface area contributed by atoms with E-state index < -0.39 is 5.54 Å². The Labute approximate surface area is 97.5 Å². The van der Waals surface area contributed by atoms with Crippen molar-refractivity contribution in [3.63, 3.8) is 0 Å². The minimum Gasteiger partial charge on any atom is -0.375 e. The fourth-order valence-electron chi connectivity index (χ4n) is 1.55. The summed E-state index contributed by atoms with van der Waals surface area (Å²) in [4.78, 5) is 2.17. The van der Waals surface area contributed by atoms with E-state index in [-0.39, 0.29) is 0 Å². The van der Waals surface area contributed by atoms with Gasteiger partial charge in [-0.1, -0.05) is 18.2 Å². The largest absolute Gasteiger partial charge is 0.375 e. The molecular formula is C13H19N3. The lowest BCUT2D eigenvalue weighted by Crippen LogP contribution is -2.35. The van der Waals surface area contributed by atoms with Crippen LogP contribution in [0.5, 0.6) is 0 Å². The molecule has 0 aliphatic heterocycles. The second kappa shape index (κ2) is 5.53. The second-order valence-electron chi connectivity index (χ2n) is 4.39. The van der Waals surface area contributed by atoms with Crippen LogP contribution in [0.2, 0.25) is 0 Å². The molecule has 0 aromatic heterocycles.